The number of aryl methyl sites for hydroxylation is 1. The van der Waals surface area contributed by atoms with Crippen LogP contribution in [0.15, 0.2) is 42.6 Å². The van der Waals surface area contributed by atoms with Crippen LogP contribution in [0.3, 0.4) is 0 Å². The van der Waals surface area contributed by atoms with Gasteiger partial charge in [-0.15, -0.1) is 0 Å². The highest BCUT2D eigenvalue weighted by atomic mass is 16.5. The lowest BCUT2D eigenvalue weighted by Crippen LogP contribution is -2.31. The average Bonchev–Trinajstić information content (AvgIpc) is 2.52. The molecule has 2 rings (SSSR count). The van der Waals surface area contributed by atoms with Crippen molar-refractivity contribution in [3.05, 3.63) is 59.4 Å². The Morgan fingerprint density at radius 1 is 1.29 bits per heavy atom. The first kappa shape index (κ1) is 15.0. The Morgan fingerprint density at radius 3 is 2.76 bits per heavy atom. The lowest BCUT2D eigenvalue weighted by Gasteiger charge is -2.15. The first-order valence-corrected chi connectivity index (χ1v) is 6.96. The van der Waals surface area contributed by atoms with Gasteiger partial charge < -0.3 is 10.1 Å². The summed E-state index contributed by atoms with van der Waals surface area (Å²) in [5, 5.41) is 12.3. The van der Waals surface area contributed by atoms with E-state index in [1.54, 1.807) is 6.20 Å². The molecule has 0 aliphatic carbocycles. The van der Waals surface area contributed by atoms with Crippen LogP contribution in [0.1, 0.15) is 23.7 Å². The van der Waals surface area contributed by atoms with Gasteiger partial charge in [-0.25, -0.2) is 4.98 Å². The zero-order chi connectivity index (χ0) is 15.1. The monoisotopic (exact) mass is 281 g/mol. The number of nitrogens with zero attached hydrogens (tertiary/aromatic N) is 2. The van der Waals surface area contributed by atoms with Gasteiger partial charge in [0, 0.05) is 24.3 Å². The lowest BCUT2D eigenvalue weighted by atomic mass is 10.2. The molecule has 0 saturated carbocycles. The molecule has 0 amide bonds. The summed E-state index contributed by atoms with van der Waals surface area (Å²) in [6.07, 6.45) is 1.63. The second kappa shape index (κ2) is 7.41. The maximum absolute atomic E-state index is 8.99. The van der Waals surface area contributed by atoms with E-state index in [0.29, 0.717) is 18.8 Å². The molecule has 0 aliphatic heterocycles. The standard InChI is InChI=1S/C17H19N3O/c1-13-5-7-16(8-6-13)21-12-14(2)20-11-15-4-3-9-19-17(15)10-18/h3-9,14,20H,11-12H2,1-2H3. The third-order valence-corrected chi connectivity index (χ3v) is 3.16. The Labute approximate surface area is 125 Å². The Hall–Kier alpha value is -2.38. The maximum Gasteiger partial charge on any atom is 0.144 e. The lowest BCUT2D eigenvalue weighted by molar-refractivity contribution is 0.272. The molecule has 0 radical (unpaired) electrons. The molecular formula is C17H19N3O. The molecule has 108 valence electrons. The van der Waals surface area contributed by atoms with Crippen molar-refractivity contribution in [2.45, 2.75) is 26.4 Å². The Balaban J connectivity index is 1.81. The summed E-state index contributed by atoms with van der Waals surface area (Å²) in [6, 6.07) is 14.0. The van der Waals surface area contributed by atoms with Crippen LogP contribution in [-0.2, 0) is 6.54 Å². The Morgan fingerprint density at radius 2 is 2.05 bits per heavy atom. The number of nitrogens with one attached hydrogen (secondary N) is 1. The fraction of sp³-hybridized carbons (Fsp3) is 0.294. The largest absolute Gasteiger partial charge is 0.492 e. The molecule has 1 heterocycles. The topological polar surface area (TPSA) is 57.9 Å². The van der Waals surface area contributed by atoms with Crippen molar-refractivity contribution in [2.75, 3.05) is 6.61 Å². The van der Waals surface area contributed by atoms with Crippen LogP contribution >= 0.6 is 0 Å². The van der Waals surface area contributed by atoms with Crippen molar-refractivity contribution in [1.29, 1.82) is 5.26 Å². The van der Waals surface area contributed by atoms with Gasteiger partial charge in [-0.05, 0) is 32.0 Å². The molecule has 0 fully saturated rings. The van der Waals surface area contributed by atoms with Gasteiger partial charge in [-0.1, -0.05) is 23.8 Å². The normalized spacial score (nSPS) is 11.7. The molecule has 0 bridgehead atoms. The fourth-order valence-electron chi connectivity index (χ4n) is 1.88. The van der Waals surface area contributed by atoms with E-state index in [4.69, 9.17) is 10.00 Å². The molecule has 4 nitrogen and oxygen atoms in total. The summed E-state index contributed by atoms with van der Waals surface area (Å²) in [6.45, 7) is 5.28. The molecule has 1 unspecified atom stereocenters. The van der Waals surface area contributed by atoms with Crippen molar-refractivity contribution in [2.24, 2.45) is 0 Å². The second-order valence-corrected chi connectivity index (χ2v) is 5.03. The SMILES string of the molecule is Cc1ccc(OCC(C)NCc2cccnc2C#N)cc1. The molecule has 21 heavy (non-hydrogen) atoms. The van der Waals surface area contributed by atoms with Gasteiger partial charge in [-0.3, -0.25) is 0 Å². The van der Waals surface area contributed by atoms with Crippen molar-refractivity contribution in [3.63, 3.8) is 0 Å². The molecule has 2 aromatic rings. The number of aromatic nitrogens is 1. The highest BCUT2D eigenvalue weighted by Crippen LogP contribution is 2.11. The van der Waals surface area contributed by atoms with Crippen molar-refractivity contribution in [1.82, 2.24) is 10.3 Å². The van der Waals surface area contributed by atoms with Crippen LogP contribution in [0, 0.1) is 18.3 Å². The summed E-state index contributed by atoms with van der Waals surface area (Å²) < 4.78 is 5.72. The van der Waals surface area contributed by atoms with Crippen molar-refractivity contribution in [3.8, 4) is 11.8 Å². The first-order valence-electron chi connectivity index (χ1n) is 6.96. The zero-order valence-electron chi connectivity index (χ0n) is 12.3. The highest BCUT2D eigenvalue weighted by Gasteiger charge is 2.06. The molecule has 4 heteroatoms. The number of pyridine rings is 1. The minimum Gasteiger partial charge on any atom is -0.492 e. The zero-order valence-corrected chi connectivity index (χ0v) is 12.3. The minimum absolute atomic E-state index is 0.179. The third kappa shape index (κ3) is 4.59. The number of nitriles is 1. The molecule has 1 aromatic carbocycles. The highest BCUT2D eigenvalue weighted by molar-refractivity contribution is 5.30. The smallest absolute Gasteiger partial charge is 0.144 e. The van der Waals surface area contributed by atoms with E-state index in [2.05, 4.69) is 30.2 Å². The van der Waals surface area contributed by atoms with Crippen LogP contribution in [0.4, 0.5) is 0 Å². The van der Waals surface area contributed by atoms with Crippen LogP contribution in [-0.4, -0.2) is 17.6 Å². The molecule has 1 atom stereocenters. The number of hydrogen-bond donors (Lipinski definition) is 1. The number of rotatable bonds is 6. The summed E-state index contributed by atoms with van der Waals surface area (Å²) in [4.78, 5) is 4.04. The summed E-state index contributed by atoms with van der Waals surface area (Å²) >= 11 is 0. The van der Waals surface area contributed by atoms with Gasteiger partial charge in [-0.2, -0.15) is 5.26 Å². The molecule has 0 aliphatic rings. The van der Waals surface area contributed by atoms with Crippen molar-refractivity contribution >= 4 is 0 Å². The van der Waals surface area contributed by atoms with E-state index in [0.717, 1.165) is 11.3 Å². The number of ether oxygens (including phenoxy) is 1. The van der Waals surface area contributed by atoms with Gasteiger partial charge in [0.25, 0.3) is 0 Å². The molecule has 1 aromatic heterocycles. The van der Waals surface area contributed by atoms with E-state index >= 15 is 0 Å². The summed E-state index contributed by atoms with van der Waals surface area (Å²) in [5.41, 5.74) is 2.59. The predicted octanol–water partition coefficient (Wildman–Crippen LogP) is 2.82. The minimum atomic E-state index is 0.179. The van der Waals surface area contributed by atoms with Gasteiger partial charge in [0.2, 0.25) is 0 Å². The van der Waals surface area contributed by atoms with Crippen LogP contribution in [0.5, 0.6) is 5.75 Å². The fourth-order valence-corrected chi connectivity index (χ4v) is 1.88. The molecule has 0 saturated heterocycles. The summed E-state index contributed by atoms with van der Waals surface area (Å²) in [5.74, 6) is 0.869. The first-order chi connectivity index (χ1) is 10.2. The van der Waals surface area contributed by atoms with Crippen LogP contribution < -0.4 is 10.1 Å². The molecule has 0 spiro atoms. The molecular weight excluding hydrogens is 262 g/mol. The second-order valence-electron chi connectivity index (χ2n) is 5.03. The van der Waals surface area contributed by atoms with Gasteiger partial charge in [0.15, 0.2) is 0 Å². The van der Waals surface area contributed by atoms with E-state index in [1.165, 1.54) is 5.56 Å². The van der Waals surface area contributed by atoms with Gasteiger partial charge in [0.05, 0.1) is 0 Å². The van der Waals surface area contributed by atoms with Crippen LogP contribution in [0.2, 0.25) is 0 Å². The van der Waals surface area contributed by atoms with Crippen molar-refractivity contribution < 1.29 is 4.74 Å². The molecule has 1 N–H and O–H groups in total. The van der Waals surface area contributed by atoms with E-state index in [9.17, 15) is 0 Å². The predicted molar refractivity (Wildman–Crippen MR) is 81.9 cm³/mol. The van der Waals surface area contributed by atoms with Gasteiger partial charge in [0.1, 0.15) is 24.1 Å². The quantitative estimate of drug-likeness (QED) is 0.884. The average molecular weight is 281 g/mol. The Kier molecular flexibility index (Phi) is 5.30. The maximum atomic E-state index is 8.99. The van der Waals surface area contributed by atoms with E-state index in [-0.39, 0.29) is 6.04 Å². The van der Waals surface area contributed by atoms with E-state index in [1.807, 2.05) is 36.4 Å². The number of benzene rings is 1. The van der Waals surface area contributed by atoms with Gasteiger partial charge >= 0.3 is 0 Å². The number of hydrogen-bond acceptors (Lipinski definition) is 4. The van der Waals surface area contributed by atoms with E-state index < -0.39 is 0 Å². The Bertz CT molecular complexity index is 617. The van der Waals surface area contributed by atoms with Crippen LogP contribution in [0.25, 0.3) is 0 Å². The summed E-state index contributed by atoms with van der Waals surface area (Å²) in [7, 11) is 0. The third-order valence-electron chi connectivity index (χ3n) is 3.16.